The first kappa shape index (κ1) is 16.1. The Balaban J connectivity index is 1.41. The van der Waals surface area contributed by atoms with Gasteiger partial charge in [-0.15, -0.1) is 10.2 Å². The van der Waals surface area contributed by atoms with Crippen LogP contribution in [0.15, 0.2) is 28.7 Å². The molecule has 25 heavy (non-hydrogen) atoms. The molecule has 7 heteroatoms. The Kier molecular flexibility index (Phi) is 4.17. The highest BCUT2D eigenvalue weighted by molar-refractivity contribution is 5.83. The lowest BCUT2D eigenvalue weighted by molar-refractivity contribution is -0.141. The van der Waals surface area contributed by atoms with Crippen LogP contribution in [0.1, 0.15) is 35.8 Å². The number of methoxy groups -OCH3 is 1. The number of carbonyl (C=O) groups excluding carboxylic acids is 1. The van der Waals surface area contributed by atoms with Gasteiger partial charge in [-0.2, -0.15) is 0 Å². The van der Waals surface area contributed by atoms with E-state index < -0.39 is 0 Å². The van der Waals surface area contributed by atoms with Crippen molar-refractivity contribution >= 4 is 5.91 Å². The number of morpholine rings is 1. The smallest absolute Gasteiger partial charge is 0.246 e. The molecule has 0 spiro atoms. The van der Waals surface area contributed by atoms with E-state index in [4.69, 9.17) is 13.9 Å². The summed E-state index contributed by atoms with van der Waals surface area (Å²) in [5.41, 5.74) is 1.16. The molecule has 1 aromatic carbocycles. The van der Waals surface area contributed by atoms with E-state index in [1.54, 1.807) is 14.0 Å². The zero-order valence-electron chi connectivity index (χ0n) is 14.3. The molecule has 0 radical (unpaired) electrons. The van der Waals surface area contributed by atoms with Gasteiger partial charge in [-0.05, 0) is 30.0 Å². The molecular formula is C18H21N3O4. The van der Waals surface area contributed by atoms with Gasteiger partial charge in [0.2, 0.25) is 17.7 Å². The van der Waals surface area contributed by atoms with Crippen molar-refractivity contribution in [3.05, 3.63) is 41.6 Å². The van der Waals surface area contributed by atoms with Crippen LogP contribution in [0.3, 0.4) is 0 Å². The van der Waals surface area contributed by atoms with Crippen LogP contribution in [0.4, 0.5) is 0 Å². The van der Waals surface area contributed by atoms with Crippen molar-refractivity contribution in [3.63, 3.8) is 0 Å². The van der Waals surface area contributed by atoms with Crippen LogP contribution in [-0.4, -0.2) is 47.8 Å². The lowest BCUT2D eigenvalue weighted by Gasteiger charge is -2.31. The van der Waals surface area contributed by atoms with Gasteiger partial charge < -0.3 is 18.8 Å². The summed E-state index contributed by atoms with van der Waals surface area (Å²) in [7, 11) is 1.65. The van der Waals surface area contributed by atoms with Gasteiger partial charge in [-0.3, -0.25) is 4.79 Å². The number of amides is 1. The molecule has 0 N–H and O–H groups in total. The number of ether oxygens (including phenoxy) is 2. The average Bonchev–Trinajstić information content (AvgIpc) is 3.34. The molecule has 2 heterocycles. The number of hydrogen-bond donors (Lipinski definition) is 0. The second kappa shape index (κ2) is 6.48. The largest absolute Gasteiger partial charge is 0.497 e. The topological polar surface area (TPSA) is 77.7 Å². The minimum atomic E-state index is -0.340. The molecule has 7 nitrogen and oxygen atoms in total. The van der Waals surface area contributed by atoms with Crippen LogP contribution in [0.5, 0.6) is 5.75 Å². The third kappa shape index (κ3) is 3.24. The molecule has 1 saturated carbocycles. The van der Waals surface area contributed by atoms with Gasteiger partial charge >= 0.3 is 0 Å². The number of aryl methyl sites for hydroxylation is 1. The van der Waals surface area contributed by atoms with Crippen LogP contribution in [0.2, 0.25) is 0 Å². The number of rotatable bonds is 4. The second-order valence-corrected chi connectivity index (χ2v) is 6.53. The van der Waals surface area contributed by atoms with E-state index in [2.05, 4.69) is 16.3 Å². The summed E-state index contributed by atoms with van der Waals surface area (Å²) in [6, 6.07) is 7.96. The Morgan fingerprint density at radius 3 is 3.00 bits per heavy atom. The molecule has 2 aromatic rings. The van der Waals surface area contributed by atoms with Crippen molar-refractivity contribution < 1.29 is 18.7 Å². The van der Waals surface area contributed by atoms with E-state index in [0.717, 1.165) is 17.7 Å². The molecule has 132 valence electrons. The Morgan fingerprint density at radius 1 is 1.36 bits per heavy atom. The van der Waals surface area contributed by atoms with Crippen molar-refractivity contribution in [3.8, 4) is 5.75 Å². The normalized spacial score (nSPS) is 25.7. The van der Waals surface area contributed by atoms with Crippen molar-refractivity contribution in [1.29, 1.82) is 0 Å². The molecular weight excluding hydrogens is 322 g/mol. The molecule has 0 bridgehead atoms. The van der Waals surface area contributed by atoms with E-state index in [9.17, 15) is 4.79 Å². The molecule has 1 amide bonds. The number of aromatic nitrogens is 2. The lowest BCUT2D eigenvalue weighted by atomic mass is 10.1. The molecule has 2 fully saturated rings. The zero-order chi connectivity index (χ0) is 17.4. The SMILES string of the molecule is COc1cccc([C@@H]2C[C@H]2C(=O)N2CCO[C@@H](c3nnc(C)o3)C2)c1. The van der Waals surface area contributed by atoms with Crippen molar-refractivity contribution in [1.82, 2.24) is 15.1 Å². The maximum Gasteiger partial charge on any atom is 0.246 e. The summed E-state index contributed by atoms with van der Waals surface area (Å²) in [5, 5.41) is 7.85. The molecule has 1 aliphatic carbocycles. The molecule has 1 aromatic heterocycles. The number of nitrogens with zero attached hydrogens (tertiary/aromatic N) is 3. The summed E-state index contributed by atoms with van der Waals surface area (Å²) in [4.78, 5) is 14.7. The highest BCUT2D eigenvalue weighted by Crippen LogP contribution is 2.49. The Bertz CT molecular complexity index is 775. The van der Waals surface area contributed by atoms with Crippen molar-refractivity contribution in [2.45, 2.75) is 25.4 Å². The summed E-state index contributed by atoms with van der Waals surface area (Å²) < 4.78 is 16.4. The van der Waals surface area contributed by atoms with Crippen LogP contribution in [0, 0.1) is 12.8 Å². The van der Waals surface area contributed by atoms with Gasteiger partial charge in [0.1, 0.15) is 5.75 Å². The third-order valence-electron chi connectivity index (χ3n) is 4.82. The van der Waals surface area contributed by atoms with Gasteiger partial charge in [0.25, 0.3) is 0 Å². The minimum Gasteiger partial charge on any atom is -0.497 e. The Hall–Kier alpha value is -2.41. The molecule has 4 rings (SSSR count). The molecule has 1 aliphatic heterocycles. The fraction of sp³-hybridized carbons (Fsp3) is 0.500. The number of benzene rings is 1. The van der Waals surface area contributed by atoms with E-state index in [1.807, 2.05) is 23.1 Å². The number of carbonyl (C=O) groups is 1. The molecule has 3 atom stereocenters. The highest BCUT2D eigenvalue weighted by atomic mass is 16.5. The lowest BCUT2D eigenvalue weighted by Crippen LogP contribution is -2.43. The summed E-state index contributed by atoms with van der Waals surface area (Å²) in [5.74, 6) is 2.26. The van der Waals surface area contributed by atoms with Gasteiger partial charge in [0.05, 0.1) is 20.3 Å². The monoisotopic (exact) mass is 343 g/mol. The standard InChI is InChI=1S/C18H21N3O4/c1-11-19-20-17(25-11)16-10-21(6-7-24-16)18(22)15-9-14(15)12-4-3-5-13(8-12)23-2/h3-5,8,14-16H,6-7,9-10H2,1-2H3/t14-,15+,16+/m0/s1. The maximum absolute atomic E-state index is 12.9. The van der Waals surface area contributed by atoms with Gasteiger partial charge in [-0.25, -0.2) is 0 Å². The summed E-state index contributed by atoms with van der Waals surface area (Å²) in [6.07, 6.45) is 0.543. The zero-order valence-corrected chi connectivity index (χ0v) is 14.3. The first-order valence-corrected chi connectivity index (χ1v) is 8.50. The Labute approximate surface area is 145 Å². The van der Waals surface area contributed by atoms with Gasteiger partial charge in [0.15, 0.2) is 6.10 Å². The summed E-state index contributed by atoms with van der Waals surface area (Å²) in [6.45, 7) is 3.28. The van der Waals surface area contributed by atoms with E-state index in [0.29, 0.717) is 31.5 Å². The van der Waals surface area contributed by atoms with Crippen LogP contribution in [-0.2, 0) is 9.53 Å². The first-order valence-electron chi connectivity index (χ1n) is 8.50. The molecule has 0 unspecified atom stereocenters. The van der Waals surface area contributed by atoms with Gasteiger partial charge in [-0.1, -0.05) is 12.1 Å². The maximum atomic E-state index is 12.9. The average molecular weight is 343 g/mol. The van der Waals surface area contributed by atoms with E-state index in [1.165, 1.54) is 0 Å². The predicted molar refractivity (Wildman–Crippen MR) is 88.2 cm³/mol. The summed E-state index contributed by atoms with van der Waals surface area (Å²) >= 11 is 0. The quantitative estimate of drug-likeness (QED) is 0.846. The Morgan fingerprint density at radius 2 is 2.24 bits per heavy atom. The number of hydrogen-bond acceptors (Lipinski definition) is 6. The van der Waals surface area contributed by atoms with E-state index in [-0.39, 0.29) is 23.8 Å². The van der Waals surface area contributed by atoms with E-state index >= 15 is 0 Å². The molecule has 1 saturated heterocycles. The minimum absolute atomic E-state index is 0.0373. The van der Waals surface area contributed by atoms with Crippen LogP contribution >= 0.6 is 0 Å². The van der Waals surface area contributed by atoms with Crippen LogP contribution < -0.4 is 4.74 Å². The molecule has 2 aliphatic rings. The van der Waals surface area contributed by atoms with Crippen molar-refractivity contribution in [2.75, 3.05) is 26.8 Å². The van der Waals surface area contributed by atoms with Gasteiger partial charge in [0, 0.05) is 19.4 Å². The first-order chi connectivity index (χ1) is 12.2. The third-order valence-corrected chi connectivity index (χ3v) is 4.82. The highest BCUT2D eigenvalue weighted by Gasteiger charge is 2.46. The fourth-order valence-corrected chi connectivity index (χ4v) is 3.38. The fourth-order valence-electron chi connectivity index (χ4n) is 3.38. The second-order valence-electron chi connectivity index (χ2n) is 6.53. The van der Waals surface area contributed by atoms with Crippen molar-refractivity contribution in [2.24, 2.45) is 5.92 Å². The van der Waals surface area contributed by atoms with Crippen LogP contribution in [0.25, 0.3) is 0 Å². The predicted octanol–water partition coefficient (Wildman–Crippen LogP) is 2.09.